The molecule has 4 heteroatoms. The van der Waals surface area contributed by atoms with E-state index in [1.54, 1.807) is 0 Å². The van der Waals surface area contributed by atoms with E-state index in [0.29, 0.717) is 6.61 Å². The number of carbonyl (C=O) groups excluding carboxylic acids is 1. The first-order valence-corrected chi connectivity index (χ1v) is 6.83. The van der Waals surface area contributed by atoms with Crippen LogP contribution in [0.5, 0.6) is 0 Å². The molecule has 1 atom stereocenters. The van der Waals surface area contributed by atoms with Crippen molar-refractivity contribution >= 4 is 5.91 Å². The zero-order valence-corrected chi connectivity index (χ0v) is 11.7. The Labute approximate surface area is 115 Å². The lowest BCUT2D eigenvalue weighted by Gasteiger charge is -2.40. The number of ether oxygens (including phenoxy) is 1. The van der Waals surface area contributed by atoms with Gasteiger partial charge in [0.2, 0.25) is 5.91 Å². The van der Waals surface area contributed by atoms with Crippen molar-refractivity contribution in [3.05, 3.63) is 35.9 Å². The van der Waals surface area contributed by atoms with Gasteiger partial charge in [0.25, 0.3) is 0 Å². The third kappa shape index (κ3) is 3.55. The zero-order chi connectivity index (χ0) is 13.7. The highest BCUT2D eigenvalue weighted by atomic mass is 16.5. The normalized spacial score (nSPS) is 20.5. The fourth-order valence-corrected chi connectivity index (χ4v) is 2.45. The van der Waals surface area contributed by atoms with Crippen molar-refractivity contribution < 1.29 is 9.53 Å². The fourth-order valence-electron chi connectivity index (χ4n) is 2.45. The average Bonchev–Trinajstić information content (AvgIpc) is 2.45. The third-order valence-electron chi connectivity index (χ3n) is 3.52. The Morgan fingerprint density at radius 1 is 1.32 bits per heavy atom. The Kier molecular flexibility index (Phi) is 4.93. The molecule has 0 saturated carbocycles. The van der Waals surface area contributed by atoms with Crippen molar-refractivity contribution in [2.45, 2.75) is 13.0 Å². The lowest BCUT2D eigenvalue weighted by Crippen LogP contribution is -2.50. The fraction of sp³-hybridized carbons (Fsp3) is 0.533. The number of hydrogen-bond acceptors (Lipinski definition) is 3. The van der Waals surface area contributed by atoms with Crippen LogP contribution >= 0.6 is 0 Å². The number of amides is 1. The molecule has 2 rings (SSSR count). The van der Waals surface area contributed by atoms with Gasteiger partial charge in [0, 0.05) is 26.2 Å². The molecule has 4 nitrogen and oxygen atoms in total. The SMILES string of the molecule is CCOCC(=O)N1CCN(C)CC1c1ccccc1. The van der Waals surface area contributed by atoms with Gasteiger partial charge in [0.15, 0.2) is 0 Å². The lowest BCUT2D eigenvalue weighted by atomic mass is 10.0. The Morgan fingerprint density at radius 2 is 2.05 bits per heavy atom. The third-order valence-corrected chi connectivity index (χ3v) is 3.52. The summed E-state index contributed by atoms with van der Waals surface area (Å²) in [5, 5.41) is 0. The van der Waals surface area contributed by atoms with Crippen molar-refractivity contribution in [2.75, 3.05) is 39.9 Å². The molecule has 0 spiro atoms. The van der Waals surface area contributed by atoms with Crippen molar-refractivity contribution in [3.63, 3.8) is 0 Å². The second-order valence-corrected chi connectivity index (χ2v) is 4.91. The van der Waals surface area contributed by atoms with Crippen LogP contribution < -0.4 is 0 Å². The summed E-state index contributed by atoms with van der Waals surface area (Å²) in [6, 6.07) is 10.4. The van der Waals surface area contributed by atoms with E-state index in [1.165, 1.54) is 5.56 Å². The lowest BCUT2D eigenvalue weighted by molar-refractivity contribution is -0.141. The molecular formula is C15H22N2O2. The quantitative estimate of drug-likeness (QED) is 0.825. The van der Waals surface area contributed by atoms with Gasteiger partial charge in [-0.2, -0.15) is 0 Å². The predicted molar refractivity (Wildman–Crippen MR) is 74.9 cm³/mol. The Hall–Kier alpha value is -1.39. The van der Waals surface area contributed by atoms with Crippen molar-refractivity contribution in [3.8, 4) is 0 Å². The van der Waals surface area contributed by atoms with Gasteiger partial charge in [0.1, 0.15) is 6.61 Å². The molecule has 19 heavy (non-hydrogen) atoms. The van der Waals surface area contributed by atoms with Crippen LogP contribution in [0.15, 0.2) is 30.3 Å². The predicted octanol–water partition coefficient (Wildman–Crippen LogP) is 1.54. The summed E-state index contributed by atoms with van der Waals surface area (Å²) in [7, 11) is 2.10. The van der Waals surface area contributed by atoms with E-state index < -0.39 is 0 Å². The molecule has 1 heterocycles. The maximum atomic E-state index is 12.2. The van der Waals surface area contributed by atoms with Gasteiger partial charge in [-0.3, -0.25) is 4.79 Å². The Bertz CT molecular complexity index is 408. The van der Waals surface area contributed by atoms with E-state index in [1.807, 2.05) is 30.0 Å². The minimum absolute atomic E-state index is 0.0869. The number of carbonyl (C=O) groups is 1. The summed E-state index contributed by atoms with van der Waals surface area (Å²) in [6.45, 7) is 5.23. The van der Waals surface area contributed by atoms with E-state index in [-0.39, 0.29) is 18.6 Å². The number of benzene rings is 1. The molecule has 1 saturated heterocycles. The van der Waals surface area contributed by atoms with Crippen LogP contribution in [0.3, 0.4) is 0 Å². The number of piperazine rings is 1. The van der Waals surface area contributed by atoms with Gasteiger partial charge in [0.05, 0.1) is 6.04 Å². The maximum absolute atomic E-state index is 12.2. The van der Waals surface area contributed by atoms with Gasteiger partial charge in [-0.15, -0.1) is 0 Å². The van der Waals surface area contributed by atoms with Crippen LogP contribution in [0, 0.1) is 0 Å². The van der Waals surface area contributed by atoms with E-state index in [2.05, 4.69) is 24.1 Å². The molecule has 1 aliphatic rings. The number of likely N-dealkylation sites (N-methyl/N-ethyl adjacent to an activating group) is 1. The van der Waals surface area contributed by atoms with Gasteiger partial charge in [-0.05, 0) is 19.5 Å². The summed E-state index contributed by atoms with van der Waals surface area (Å²) < 4.78 is 5.25. The summed E-state index contributed by atoms with van der Waals surface area (Å²) in [6.07, 6.45) is 0. The molecule has 0 radical (unpaired) electrons. The van der Waals surface area contributed by atoms with Crippen molar-refractivity contribution in [1.29, 1.82) is 0 Å². The van der Waals surface area contributed by atoms with Crippen molar-refractivity contribution in [2.24, 2.45) is 0 Å². The first kappa shape index (κ1) is 14.0. The molecule has 1 unspecified atom stereocenters. The highest BCUT2D eigenvalue weighted by molar-refractivity contribution is 5.78. The molecule has 0 bridgehead atoms. The minimum Gasteiger partial charge on any atom is -0.372 e. The number of nitrogens with zero attached hydrogens (tertiary/aromatic N) is 2. The molecule has 0 aliphatic carbocycles. The molecule has 1 aromatic carbocycles. The summed E-state index contributed by atoms with van der Waals surface area (Å²) in [4.78, 5) is 16.4. The summed E-state index contributed by atoms with van der Waals surface area (Å²) >= 11 is 0. The maximum Gasteiger partial charge on any atom is 0.249 e. The van der Waals surface area contributed by atoms with E-state index in [9.17, 15) is 4.79 Å². The highest BCUT2D eigenvalue weighted by Crippen LogP contribution is 2.24. The van der Waals surface area contributed by atoms with Crippen molar-refractivity contribution in [1.82, 2.24) is 9.80 Å². The van der Waals surface area contributed by atoms with Crippen LogP contribution in [0.4, 0.5) is 0 Å². The zero-order valence-electron chi connectivity index (χ0n) is 11.7. The molecule has 1 fully saturated rings. The molecular weight excluding hydrogens is 240 g/mol. The molecule has 0 aromatic heterocycles. The topological polar surface area (TPSA) is 32.8 Å². The largest absolute Gasteiger partial charge is 0.372 e. The van der Waals surface area contributed by atoms with Gasteiger partial charge in [-0.1, -0.05) is 30.3 Å². The standard InChI is InChI=1S/C15H22N2O2/c1-3-19-12-15(18)17-10-9-16(2)11-14(17)13-7-5-4-6-8-13/h4-8,14H,3,9-12H2,1-2H3. The molecule has 104 valence electrons. The first-order valence-electron chi connectivity index (χ1n) is 6.83. The Balaban J connectivity index is 2.13. The molecule has 1 aliphatic heterocycles. The molecule has 1 amide bonds. The second kappa shape index (κ2) is 6.68. The van der Waals surface area contributed by atoms with Crippen LogP contribution in [-0.2, 0) is 9.53 Å². The second-order valence-electron chi connectivity index (χ2n) is 4.91. The van der Waals surface area contributed by atoms with Crippen LogP contribution in [0.25, 0.3) is 0 Å². The average molecular weight is 262 g/mol. The number of hydrogen-bond donors (Lipinski definition) is 0. The minimum atomic E-state index is 0.0869. The van der Waals surface area contributed by atoms with E-state index in [4.69, 9.17) is 4.74 Å². The molecule has 0 N–H and O–H groups in total. The van der Waals surface area contributed by atoms with Gasteiger partial charge >= 0.3 is 0 Å². The highest BCUT2D eigenvalue weighted by Gasteiger charge is 2.29. The summed E-state index contributed by atoms with van der Waals surface area (Å²) in [5.41, 5.74) is 1.19. The van der Waals surface area contributed by atoms with Gasteiger partial charge in [-0.25, -0.2) is 0 Å². The monoisotopic (exact) mass is 262 g/mol. The number of rotatable bonds is 4. The molecule has 1 aromatic rings. The van der Waals surface area contributed by atoms with E-state index >= 15 is 0 Å². The van der Waals surface area contributed by atoms with E-state index in [0.717, 1.165) is 19.6 Å². The van der Waals surface area contributed by atoms with Crippen LogP contribution in [0.1, 0.15) is 18.5 Å². The first-order chi connectivity index (χ1) is 9.22. The van der Waals surface area contributed by atoms with Crippen LogP contribution in [-0.4, -0.2) is 55.6 Å². The Morgan fingerprint density at radius 3 is 2.74 bits per heavy atom. The smallest absolute Gasteiger partial charge is 0.249 e. The van der Waals surface area contributed by atoms with Gasteiger partial charge < -0.3 is 14.5 Å². The van der Waals surface area contributed by atoms with Crippen LogP contribution in [0.2, 0.25) is 0 Å². The summed E-state index contributed by atoms with van der Waals surface area (Å²) in [5.74, 6) is 0.0869.